The van der Waals surface area contributed by atoms with Crippen LogP contribution in [-0.4, -0.2) is 13.1 Å². The van der Waals surface area contributed by atoms with E-state index in [1.807, 2.05) is 0 Å². The van der Waals surface area contributed by atoms with Gasteiger partial charge < -0.3 is 4.74 Å². The highest BCUT2D eigenvalue weighted by molar-refractivity contribution is 5.88. The average molecular weight is 180 g/mol. The second-order valence-electron chi connectivity index (χ2n) is 2.74. The van der Waals surface area contributed by atoms with Crippen molar-refractivity contribution >= 4 is 5.97 Å². The van der Waals surface area contributed by atoms with Crippen LogP contribution in [0, 0.1) is 11.8 Å². The summed E-state index contributed by atoms with van der Waals surface area (Å²) in [7, 11) is 1.37. The summed E-state index contributed by atoms with van der Waals surface area (Å²) in [6, 6.07) is 0. The number of carbonyl (C=O) groups excluding carboxylic acids is 1. The molecule has 0 heterocycles. The van der Waals surface area contributed by atoms with E-state index in [0.29, 0.717) is 5.57 Å². The van der Waals surface area contributed by atoms with Gasteiger partial charge in [0.15, 0.2) is 0 Å². The largest absolute Gasteiger partial charge is 0.466 e. The molecule has 0 aromatic heterocycles. The zero-order valence-electron chi connectivity index (χ0n) is 8.52. The fourth-order valence-corrected chi connectivity index (χ4v) is 0.717. The number of ether oxygens (including phenoxy) is 1. The summed E-state index contributed by atoms with van der Waals surface area (Å²) < 4.78 is 4.52. The summed E-state index contributed by atoms with van der Waals surface area (Å²) in [6.07, 6.45) is 4.75. The van der Waals surface area contributed by atoms with E-state index in [0.717, 1.165) is 19.3 Å². The summed E-state index contributed by atoms with van der Waals surface area (Å²) in [5.41, 5.74) is 0.548. The Morgan fingerprint density at radius 3 is 2.77 bits per heavy atom. The minimum absolute atomic E-state index is 0.315. The lowest BCUT2D eigenvalue weighted by Gasteiger charge is -1.93. The Balaban J connectivity index is 3.92. The third kappa shape index (κ3) is 5.98. The van der Waals surface area contributed by atoms with Crippen LogP contribution in [0.3, 0.4) is 0 Å². The van der Waals surface area contributed by atoms with Crippen molar-refractivity contribution in [1.82, 2.24) is 0 Å². The van der Waals surface area contributed by atoms with Gasteiger partial charge in [0.2, 0.25) is 0 Å². The molecule has 0 aromatic carbocycles. The minimum Gasteiger partial charge on any atom is -0.466 e. The first-order chi connectivity index (χ1) is 6.22. The summed E-state index contributed by atoms with van der Waals surface area (Å²) in [4.78, 5) is 10.9. The number of methoxy groups -OCH3 is 1. The first-order valence-corrected chi connectivity index (χ1v) is 4.45. The van der Waals surface area contributed by atoms with Gasteiger partial charge in [0, 0.05) is 12.0 Å². The summed E-state index contributed by atoms with van der Waals surface area (Å²) in [5, 5.41) is 0. The Hall–Kier alpha value is -1.23. The zero-order valence-corrected chi connectivity index (χ0v) is 8.52. The van der Waals surface area contributed by atoms with Gasteiger partial charge in [0.25, 0.3) is 0 Å². The van der Waals surface area contributed by atoms with Crippen LogP contribution >= 0.6 is 0 Å². The molecule has 0 unspecified atom stereocenters. The molecule has 0 aromatic rings. The van der Waals surface area contributed by atoms with Crippen LogP contribution in [-0.2, 0) is 9.53 Å². The zero-order chi connectivity index (χ0) is 10.1. The number of unbranched alkanes of at least 4 members (excludes halogenated alkanes) is 2. The van der Waals surface area contributed by atoms with Crippen molar-refractivity contribution in [2.75, 3.05) is 7.11 Å². The van der Waals surface area contributed by atoms with Crippen LogP contribution in [0.5, 0.6) is 0 Å². The molecular weight excluding hydrogens is 164 g/mol. The molecule has 0 atom stereocenters. The minimum atomic E-state index is -0.315. The van der Waals surface area contributed by atoms with Gasteiger partial charge in [0.05, 0.1) is 7.11 Å². The molecule has 0 bridgehead atoms. The van der Waals surface area contributed by atoms with Gasteiger partial charge in [-0.25, -0.2) is 4.79 Å². The molecule has 72 valence electrons. The van der Waals surface area contributed by atoms with Crippen molar-refractivity contribution < 1.29 is 9.53 Å². The smallest absolute Gasteiger partial charge is 0.334 e. The molecule has 0 saturated carbocycles. The molecule has 2 heteroatoms. The van der Waals surface area contributed by atoms with Gasteiger partial charge in [0.1, 0.15) is 0 Å². The Kier molecular flexibility index (Phi) is 6.72. The number of hydrogen-bond acceptors (Lipinski definition) is 2. The molecule has 0 N–H and O–H groups in total. The second-order valence-corrected chi connectivity index (χ2v) is 2.74. The monoisotopic (exact) mass is 180 g/mol. The molecule has 0 aliphatic carbocycles. The second kappa shape index (κ2) is 7.42. The molecule has 0 spiro atoms. The van der Waals surface area contributed by atoms with Crippen LogP contribution in [0.4, 0.5) is 0 Å². The van der Waals surface area contributed by atoms with Crippen molar-refractivity contribution in [2.24, 2.45) is 0 Å². The number of carbonyl (C=O) groups is 1. The van der Waals surface area contributed by atoms with Crippen molar-refractivity contribution in [3.63, 3.8) is 0 Å². The maximum absolute atomic E-state index is 10.9. The van der Waals surface area contributed by atoms with Crippen LogP contribution in [0.1, 0.15) is 33.1 Å². The molecule has 0 saturated heterocycles. The Morgan fingerprint density at radius 2 is 2.23 bits per heavy atom. The van der Waals surface area contributed by atoms with Gasteiger partial charge >= 0.3 is 5.97 Å². The van der Waals surface area contributed by atoms with E-state index in [2.05, 4.69) is 23.5 Å². The number of rotatable bonds is 3. The fraction of sp³-hybridized carbons (Fsp3) is 0.545. The quantitative estimate of drug-likeness (QED) is 0.288. The van der Waals surface area contributed by atoms with Crippen molar-refractivity contribution in [3.8, 4) is 11.8 Å². The van der Waals surface area contributed by atoms with Crippen LogP contribution in [0.2, 0.25) is 0 Å². The first kappa shape index (κ1) is 11.8. The van der Waals surface area contributed by atoms with Gasteiger partial charge in [-0.3, -0.25) is 0 Å². The molecule has 0 amide bonds. The van der Waals surface area contributed by atoms with Crippen molar-refractivity contribution in [1.29, 1.82) is 0 Å². The lowest BCUT2D eigenvalue weighted by molar-refractivity contribution is -0.136. The van der Waals surface area contributed by atoms with Gasteiger partial charge in [-0.15, -0.1) is 0 Å². The van der Waals surface area contributed by atoms with E-state index in [1.165, 1.54) is 7.11 Å². The van der Waals surface area contributed by atoms with E-state index in [9.17, 15) is 4.79 Å². The predicted octanol–water partition coefficient (Wildman–Crippen LogP) is 2.30. The van der Waals surface area contributed by atoms with E-state index >= 15 is 0 Å². The van der Waals surface area contributed by atoms with Crippen LogP contribution < -0.4 is 0 Å². The molecule has 0 aliphatic rings. The van der Waals surface area contributed by atoms with Gasteiger partial charge in [-0.1, -0.05) is 25.2 Å². The van der Waals surface area contributed by atoms with Crippen molar-refractivity contribution in [3.05, 3.63) is 11.6 Å². The van der Waals surface area contributed by atoms with Crippen LogP contribution in [0.25, 0.3) is 0 Å². The van der Waals surface area contributed by atoms with E-state index in [1.54, 1.807) is 13.0 Å². The number of esters is 1. The Labute approximate surface area is 80.0 Å². The average Bonchev–Trinajstić information content (AvgIpc) is 2.16. The topological polar surface area (TPSA) is 26.3 Å². The number of allylic oxidation sites excluding steroid dienone is 1. The fourth-order valence-electron chi connectivity index (χ4n) is 0.717. The summed E-state index contributed by atoms with van der Waals surface area (Å²) >= 11 is 0. The summed E-state index contributed by atoms with van der Waals surface area (Å²) in [6.45, 7) is 3.82. The Morgan fingerprint density at radius 1 is 1.54 bits per heavy atom. The highest BCUT2D eigenvalue weighted by atomic mass is 16.5. The van der Waals surface area contributed by atoms with Gasteiger partial charge in [-0.05, 0) is 19.4 Å². The number of hydrogen-bond donors (Lipinski definition) is 0. The van der Waals surface area contributed by atoms with Gasteiger partial charge in [-0.2, -0.15) is 0 Å². The predicted molar refractivity (Wildman–Crippen MR) is 53.1 cm³/mol. The first-order valence-electron chi connectivity index (χ1n) is 4.45. The lowest BCUT2D eigenvalue weighted by Crippen LogP contribution is -2.00. The Bertz CT molecular complexity index is 241. The van der Waals surface area contributed by atoms with E-state index in [-0.39, 0.29) is 5.97 Å². The molecule has 0 aliphatic heterocycles. The lowest BCUT2D eigenvalue weighted by atomic mass is 10.2. The van der Waals surface area contributed by atoms with Crippen molar-refractivity contribution in [2.45, 2.75) is 33.1 Å². The SMILES string of the molecule is CCCCC#C/C=C(\C)C(=O)OC. The van der Waals surface area contributed by atoms with Crippen LogP contribution in [0.15, 0.2) is 11.6 Å². The molecule has 13 heavy (non-hydrogen) atoms. The molecule has 0 radical (unpaired) electrons. The molecule has 0 fully saturated rings. The molecular formula is C11H16O2. The van der Waals surface area contributed by atoms with E-state index in [4.69, 9.17) is 0 Å². The maximum atomic E-state index is 10.9. The maximum Gasteiger partial charge on any atom is 0.334 e. The molecule has 0 rings (SSSR count). The highest BCUT2D eigenvalue weighted by Crippen LogP contribution is 1.94. The molecule has 2 nitrogen and oxygen atoms in total. The van der Waals surface area contributed by atoms with E-state index < -0.39 is 0 Å². The normalized spacial score (nSPS) is 10.2. The third-order valence-electron chi connectivity index (χ3n) is 1.55. The third-order valence-corrected chi connectivity index (χ3v) is 1.55. The summed E-state index contributed by atoms with van der Waals surface area (Å²) in [5.74, 6) is 5.47. The standard InChI is InChI=1S/C11H16O2/c1-4-5-6-7-8-9-10(2)11(12)13-3/h9H,4-6H2,1-3H3/b10-9+. The highest BCUT2D eigenvalue weighted by Gasteiger charge is 1.99.